The zero-order chi connectivity index (χ0) is 21.0. The first-order valence-electron chi connectivity index (χ1n) is 9.30. The third kappa shape index (κ3) is 2.62. The van der Waals surface area contributed by atoms with Gasteiger partial charge >= 0.3 is 0 Å². The van der Waals surface area contributed by atoms with Crippen LogP contribution in [0.4, 0.5) is 16.0 Å². The largest absolute Gasteiger partial charge is 0.463 e. The van der Waals surface area contributed by atoms with Crippen molar-refractivity contribution in [1.82, 2.24) is 15.0 Å². The monoisotopic (exact) mass is 405 g/mol. The van der Waals surface area contributed by atoms with Crippen LogP contribution in [0.2, 0.25) is 0 Å². The van der Waals surface area contributed by atoms with Crippen LogP contribution in [-0.4, -0.2) is 39.9 Å². The van der Waals surface area contributed by atoms with E-state index in [0.717, 1.165) is 5.56 Å². The molecule has 8 nitrogen and oxygen atoms in total. The second-order valence-electron chi connectivity index (χ2n) is 7.11. The van der Waals surface area contributed by atoms with Crippen LogP contribution in [0.1, 0.15) is 34.5 Å². The first-order chi connectivity index (χ1) is 14.5. The van der Waals surface area contributed by atoms with Gasteiger partial charge in [-0.2, -0.15) is 4.98 Å². The topological polar surface area (TPSA) is 88.5 Å². The number of likely N-dealkylation sites (N-methyl/N-ethyl adjacent to an activating group) is 1. The molecule has 0 aliphatic carbocycles. The molecule has 0 fully saturated rings. The average molecular weight is 405 g/mol. The van der Waals surface area contributed by atoms with Crippen LogP contribution in [0.5, 0.6) is 5.88 Å². The summed E-state index contributed by atoms with van der Waals surface area (Å²) in [6.07, 6.45) is 4.01. The van der Waals surface area contributed by atoms with E-state index in [2.05, 4.69) is 15.0 Å². The van der Waals surface area contributed by atoms with E-state index in [1.165, 1.54) is 28.1 Å². The molecule has 2 amide bonds. The molecule has 4 heterocycles. The van der Waals surface area contributed by atoms with Gasteiger partial charge in [0.25, 0.3) is 11.8 Å². The molecule has 150 valence electrons. The number of rotatable bonds is 2. The maximum Gasteiger partial charge on any atom is 0.267 e. The van der Waals surface area contributed by atoms with Gasteiger partial charge in [-0.1, -0.05) is 12.1 Å². The lowest BCUT2D eigenvalue weighted by Gasteiger charge is -2.30. The summed E-state index contributed by atoms with van der Waals surface area (Å²) in [5.74, 6) is -0.843. The molecule has 3 aromatic rings. The number of carbonyl (C=O) groups excluding carboxylic acids is 2. The Morgan fingerprint density at radius 1 is 1.17 bits per heavy atom. The smallest absolute Gasteiger partial charge is 0.267 e. The van der Waals surface area contributed by atoms with E-state index in [9.17, 15) is 14.0 Å². The van der Waals surface area contributed by atoms with Crippen molar-refractivity contribution >= 4 is 23.5 Å². The molecule has 1 aromatic carbocycles. The van der Waals surface area contributed by atoms with Crippen LogP contribution in [0.3, 0.4) is 0 Å². The van der Waals surface area contributed by atoms with Crippen LogP contribution in [0.25, 0.3) is 0 Å². The molecule has 1 unspecified atom stereocenters. The van der Waals surface area contributed by atoms with E-state index in [1.807, 2.05) is 6.07 Å². The van der Waals surface area contributed by atoms with E-state index in [0.29, 0.717) is 11.3 Å². The van der Waals surface area contributed by atoms with Crippen LogP contribution in [0, 0.1) is 5.82 Å². The van der Waals surface area contributed by atoms with Crippen molar-refractivity contribution in [3.8, 4) is 5.88 Å². The predicted octanol–water partition coefficient (Wildman–Crippen LogP) is 2.50. The Morgan fingerprint density at radius 3 is 2.77 bits per heavy atom. The van der Waals surface area contributed by atoms with Gasteiger partial charge in [-0.3, -0.25) is 19.5 Å². The highest BCUT2D eigenvalue weighted by molar-refractivity contribution is 6.11. The number of anilines is 2. The molecule has 2 aliphatic rings. The molecule has 0 bridgehead atoms. The standard InChI is InChI=1S/C21H16FN5O3/c1-11-19(28)26(2)16-10-24-21(25-18(16)30-11)27-17(12-4-3-7-23-9-12)14-6-5-13(22)8-15(14)20(27)29/h3-11,17H,1-2H3/t11-,17?/m1/s1. The van der Waals surface area contributed by atoms with E-state index >= 15 is 0 Å². The van der Waals surface area contributed by atoms with Crippen molar-refractivity contribution in [2.75, 3.05) is 16.8 Å². The number of hydrogen-bond donors (Lipinski definition) is 0. The minimum Gasteiger partial charge on any atom is -0.463 e. The van der Waals surface area contributed by atoms with Gasteiger partial charge < -0.3 is 9.64 Å². The van der Waals surface area contributed by atoms with Crippen molar-refractivity contribution in [1.29, 1.82) is 0 Å². The molecule has 5 rings (SSSR count). The van der Waals surface area contributed by atoms with Crippen LogP contribution in [-0.2, 0) is 4.79 Å². The second-order valence-corrected chi connectivity index (χ2v) is 7.11. The lowest BCUT2D eigenvalue weighted by Crippen LogP contribution is -2.42. The first kappa shape index (κ1) is 18.2. The molecule has 0 saturated carbocycles. The Kier molecular flexibility index (Phi) is 3.99. The highest BCUT2D eigenvalue weighted by Gasteiger charge is 2.41. The van der Waals surface area contributed by atoms with E-state index in [-0.39, 0.29) is 23.3 Å². The molecule has 0 N–H and O–H groups in total. The lowest BCUT2D eigenvalue weighted by atomic mass is 9.99. The second kappa shape index (κ2) is 6.58. The van der Waals surface area contributed by atoms with Crippen molar-refractivity contribution in [2.45, 2.75) is 19.1 Å². The summed E-state index contributed by atoms with van der Waals surface area (Å²) in [7, 11) is 1.61. The fraction of sp³-hybridized carbons (Fsp3) is 0.190. The highest BCUT2D eigenvalue weighted by Crippen LogP contribution is 2.42. The molecule has 30 heavy (non-hydrogen) atoms. The van der Waals surface area contributed by atoms with Gasteiger partial charge in [-0.15, -0.1) is 0 Å². The molecular formula is C21H16FN5O3. The molecule has 2 aliphatic heterocycles. The number of pyridine rings is 1. The number of hydrogen-bond acceptors (Lipinski definition) is 6. The summed E-state index contributed by atoms with van der Waals surface area (Å²) in [4.78, 5) is 41.1. The SMILES string of the molecule is C[C@H]1Oc2nc(N3C(=O)c4cc(F)ccc4C3c3cccnc3)ncc2N(C)C1=O. The molecule has 0 spiro atoms. The molecular weight excluding hydrogens is 389 g/mol. The number of carbonyl (C=O) groups is 2. The summed E-state index contributed by atoms with van der Waals surface area (Å²) in [5.41, 5.74) is 2.03. The van der Waals surface area contributed by atoms with Crippen molar-refractivity contribution in [3.63, 3.8) is 0 Å². The van der Waals surface area contributed by atoms with Gasteiger partial charge in [-0.05, 0) is 36.2 Å². The minimum atomic E-state index is -0.708. The van der Waals surface area contributed by atoms with Gasteiger partial charge in [0.15, 0.2) is 6.10 Å². The van der Waals surface area contributed by atoms with Gasteiger partial charge in [0.05, 0.1) is 12.2 Å². The first-order valence-corrected chi connectivity index (χ1v) is 9.30. The summed E-state index contributed by atoms with van der Waals surface area (Å²) < 4.78 is 19.5. The number of ether oxygens (including phenoxy) is 1. The summed E-state index contributed by atoms with van der Waals surface area (Å²) in [5, 5.41) is 0. The zero-order valence-electron chi connectivity index (χ0n) is 16.1. The maximum absolute atomic E-state index is 13.9. The molecule has 2 atom stereocenters. The third-order valence-corrected chi connectivity index (χ3v) is 5.28. The number of amides is 2. The van der Waals surface area contributed by atoms with Gasteiger partial charge in [-0.25, -0.2) is 9.37 Å². The minimum absolute atomic E-state index is 0.0964. The Bertz CT molecular complexity index is 1190. The van der Waals surface area contributed by atoms with Crippen molar-refractivity contribution in [2.24, 2.45) is 0 Å². The Balaban J connectivity index is 1.65. The van der Waals surface area contributed by atoms with E-state index < -0.39 is 23.9 Å². The Morgan fingerprint density at radius 2 is 2.00 bits per heavy atom. The quantitative estimate of drug-likeness (QED) is 0.651. The van der Waals surface area contributed by atoms with E-state index in [1.54, 1.807) is 38.5 Å². The fourth-order valence-corrected chi connectivity index (χ4v) is 3.80. The highest BCUT2D eigenvalue weighted by atomic mass is 19.1. The number of halogens is 1. The fourth-order valence-electron chi connectivity index (χ4n) is 3.80. The number of aromatic nitrogens is 3. The van der Waals surface area contributed by atoms with Gasteiger partial charge in [0.2, 0.25) is 11.8 Å². The van der Waals surface area contributed by atoms with Crippen LogP contribution < -0.4 is 14.5 Å². The summed E-state index contributed by atoms with van der Waals surface area (Å²) >= 11 is 0. The molecule has 9 heteroatoms. The number of fused-ring (bicyclic) bond motifs is 2. The van der Waals surface area contributed by atoms with E-state index in [4.69, 9.17) is 4.74 Å². The number of benzene rings is 1. The normalized spacial score (nSPS) is 20.1. The van der Waals surface area contributed by atoms with Crippen molar-refractivity contribution in [3.05, 3.63) is 71.4 Å². The molecule has 2 aromatic heterocycles. The predicted molar refractivity (Wildman–Crippen MR) is 105 cm³/mol. The van der Waals surface area contributed by atoms with Crippen LogP contribution >= 0.6 is 0 Å². The zero-order valence-corrected chi connectivity index (χ0v) is 16.1. The molecule has 0 saturated heterocycles. The van der Waals surface area contributed by atoms with Crippen molar-refractivity contribution < 1.29 is 18.7 Å². The summed E-state index contributed by atoms with van der Waals surface area (Å²) in [6.45, 7) is 1.63. The maximum atomic E-state index is 13.9. The molecule has 0 radical (unpaired) electrons. The van der Waals surface area contributed by atoms with Gasteiger partial charge in [0, 0.05) is 25.0 Å². The Labute approximate surface area is 171 Å². The lowest BCUT2D eigenvalue weighted by molar-refractivity contribution is -0.125. The Hall–Kier alpha value is -3.88. The third-order valence-electron chi connectivity index (χ3n) is 5.28. The van der Waals surface area contributed by atoms with Gasteiger partial charge in [0.1, 0.15) is 11.5 Å². The van der Waals surface area contributed by atoms with Crippen LogP contribution in [0.15, 0.2) is 48.9 Å². The number of nitrogens with zero attached hydrogens (tertiary/aromatic N) is 5. The average Bonchev–Trinajstić information content (AvgIpc) is 3.04. The summed E-state index contributed by atoms with van der Waals surface area (Å²) in [6, 6.07) is 7.14.